The fourth-order valence-corrected chi connectivity index (χ4v) is 3.05. The first-order chi connectivity index (χ1) is 10.9. The monoisotopic (exact) mass is 306 g/mol. The molecule has 1 aromatic heterocycles. The molecule has 7 heteroatoms. The lowest BCUT2D eigenvalue weighted by atomic mass is 9.96. The van der Waals surface area contributed by atoms with E-state index in [1.54, 1.807) is 6.20 Å². The van der Waals surface area contributed by atoms with Crippen LogP contribution in [0.2, 0.25) is 0 Å². The molecular formula is C15H26N6O. The molecule has 122 valence electrons. The van der Waals surface area contributed by atoms with E-state index in [4.69, 9.17) is 4.74 Å². The molecule has 1 saturated carbocycles. The van der Waals surface area contributed by atoms with Crippen molar-refractivity contribution in [2.45, 2.75) is 38.1 Å². The minimum atomic E-state index is 0.534. The number of hydrogen-bond acceptors (Lipinski definition) is 7. The van der Waals surface area contributed by atoms with E-state index in [-0.39, 0.29) is 0 Å². The minimum Gasteiger partial charge on any atom is -0.379 e. The van der Waals surface area contributed by atoms with Crippen molar-refractivity contribution in [3.8, 4) is 0 Å². The Balaban J connectivity index is 1.43. The quantitative estimate of drug-likeness (QED) is 0.822. The van der Waals surface area contributed by atoms with Gasteiger partial charge >= 0.3 is 0 Å². The molecule has 0 spiro atoms. The van der Waals surface area contributed by atoms with Crippen LogP contribution in [0.3, 0.4) is 0 Å². The molecule has 2 aliphatic rings. The number of morpholine rings is 1. The number of hydrogen-bond donors (Lipinski definition) is 2. The lowest BCUT2D eigenvalue weighted by Crippen LogP contribution is -2.39. The van der Waals surface area contributed by atoms with Crippen molar-refractivity contribution >= 4 is 11.8 Å². The minimum absolute atomic E-state index is 0.534. The average molecular weight is 306 g/mol. The van der Waals surface area contributed by atoms with Crippen molar-refractivity contribution in [3.05, 3.63) is 6.20 Å². The van der Waals surface area contributed by atoms with E-state index in [1.165, 1.54) is 32.1 Å². The fraction of sp³-hybridized carbons (Fsp3) is 0.800. The molecular weight excluding hydrogens is 280 g/mol. The zero-order chi connectivity index (χ0) is 15.0. The second-order valence-corrected chi connectivity index (χ2v) is 6.03. The van der Waals surface area contributed by atoms with Gasteiger partial charge in [0.25, 0.3) is 0 Å². The van der Waals surface area contributed by atoms with Crippen LogP contribution in [0, 0.1) is 0 Å². The van der Waals surface area contributed by atoms with Crippen molar-refractivity contribution < 1.29 is 4.74 Å². The van der Waals surface area contributed by atoms with Crippen molar-refractivity contribution in [1.82, 2.24) is 20.1 Å². The second-order valence-electron chi connectivity index (χ2n) is 6.03. The van der Waals surface area contributed by atoms with Gasteiger partial charge in [-0.05, 0) is 12.8 Å². The maximum atomic E-state index is 5.35. The molecule has 7 nitrogen and oxygen atoms in total. The van der Waals surface area contributed by atoms with Gasteiger partial charge in [0.1, 0.15) is 0 Å². The molecule has 0 radical (unpaired) electrons. The third kappa shape index (κ3) is 4.78. The summed E-state index contributed by atoms with van der Waals surface area (Å²) in [7, 11) is 0. The normalized spacial score (nSPS) is 20.7. The number of ether oxygens (including phenoxy) is 1. The van der Waals surface area contributed by atoms with Crippen molar-refractivity contribution in [2.75, 3.05) is 50.0 Å². The molecule has 0 bridgehead atoms. The molecule has 3 rings (SSSR count). The highest BCUT2D eigenvalue weighted by Gasteiger charge is 2.14. The van der Waals surface area contributed by atoms with Crippen LogP contribution in [-0.4, -0.2) is 65.5 Å². The van der Waals surface area contributed by atoms with Gasteiger partial charge in [-0.3, -0.25) is 4.90 Å². The van der Waals surface area contributed by atoms with Crippen molar-refractivity contribution in [1.29, 1.82) is 0 Å². The van der Waals surface area contributed by atoms with Gasteiger partial charge in [0.2, 0.25) is 5.95 Å². The van der Waals surface area contributed by atoms with Gasteiger partial charge in [-0.15, -0.1) is 5.10 Å². The molecule has 2 fully saturated rings. The highest BCUT2D eigenvalue weighted by molar-refractivity contribution is 5.37. The summed E-state index contributed by atoms with van der Waals surface area (Å²) >= 11 is 0. The molecule has 1 aliphatic heterocycles. The van der Waals surface area contributed by atoms with Gasteiger partial charge in [0.15, 0.2) is 5.82 Å². The number of anilines is 2. The Morgan fingerprint density at radius 3 is 2.82 bits per heavy atom. The predicted octanol–water partition coefficient (Wildman–Crippen LogP) is 1.36. The van der Waals surface area contributed by atoms with E-state index >= 15 is 0 Å². The highest BCUT2D eigenvalue weighted by atomic mass is 16.5. The number of nitrogens with one attached hydrogen (secondary N) is 2. The van der Waals surface area contributed by atoms with Gasteiger partial charge < -0.3 is 15.4 Å². The molecule has 0 unspecified atom stereocenters. The van der Waals surface area contributed by atoms with Crippen LogP contribution in [0.15, 0.2) is 6.20 Å². The molecule has 0 atom stereocenters. The second kappa shape index (κ2) is 8.24. The summed E-state index contributed by atoms with van der Waals surface area (Å²) in [5.41, 5.74) is 0. The Bertz CT molecular complexity index is 445. The average Bonchev–Trinajstić information content (AvgIpc) is 2.57. The van der Waals surface area contributed by atoms with Gasteiger partial charge in [-0.25, -0.2) is 0 Å². The van der Waals surface area contributed by atoms with E-state index in [2.05, 4.69) is 30.7 Å². The van der Waals surface area contributed by atoms with Crippen LogP contribution < -0.4 is 10.6 Å². The molecule has 0 aromatic carbocycles. The molecule has 0 amide bonds. The van der Waals surface area contributed by atoms with Crippen LogP contribution in [0.25, 0.3) is 0 Å². The molecule has 1 aromatic rings. The molecule has 22 heavy (non-hydrogen) atoms. The van der Waals surface area contributed by atoms with E-state index in [9.17, 15) is 0 Å². The van der Waals surface area contributed by atoms with Crippen molar-refractivity contribution in [2.24, 2.45) is 0 Å². The highest BCUT2D eigenvalue weighted by Crippen LogP contribution is 2.20. The van der Waals surface area contributed by atoms with Gasteiger partial charge in [-0.1, -0.05) is 19.3 Å². The summed E-state index contributed by atoms with van der Waals surface area (Å²) in [5, 5.41) is 14.8. The standard InChI is InChI=1S/C15H26N6O/c1-2-4-13(5-3-1)18-14-12-17-20-15(19-14)16-6-7-21-8-10-22-11-9-21/h12-13H,1-11H2,(H2,16,18,19,20). The third-order valence-electron chi connectivity index (χ3n) is 4.33. The van der Waals surface area contributed by atoms with Crippen molar-refractivity contribution in [3.63, 3.8) is 0 Å². The smallest absolute Gasteiger partial charge is 0.244 e. The Hall–Kier alpha value is -1.47. The van der Waals surface area contributed by atoms with E-state index in [0.29, 0.717) is 12.0 Å². The van der Waals surface area contributed by atoms with Crippen LogP contribution in [-0.2, 0) is 4.74 Å². The first-order valence-electron chi connectivity index (χ1n) is 8.40. The van der Waals surface area contributed by atoms with Crippen LogP contribution >= 0.6 is 0 Å². The zero-order valence-corrected chi connectivity index (χ0v) is 13.1. The Kier molecular flexibility index (Phi) is 5.78. The van der Waals surface area contributed by atoms with Crippen LogP contribution in [0.1, 0.15) is 32.1 Å². The largest absolute Gasteiger partial charge is 0.379 e. The lowest BCUT2D eigenvalue weighted by Gasteiger charge is -2.26. The Morgan fingerprint density at radius 2 is 2.00 bits per heavy atom. The maximum Gasteiger partial charge on any atom is 0.244 e. The Morgan fingerprint density at radius 1 is 1.18 bits per heavy atom. The zero-order valence-electron chi connectivity index (χ0n) is 13.1. The number of rotatable bonds is 6. The summed E-state index contributed by atoms with van der Waals surface area (Å²) < 4.78 is 5.35. The van der Waals surface area contributed by atoms with E-state index in [0.717, 1.165) is 45.2 Å². The van der Waals surface area contributed by atoms with Gasteiger partial charge in [0.05, 0.1) is 19.4 Å². The van der Waals surface area contributed by atoms with E-state index in [1.807, 2.05) is 0 Å². The maximum absolute atomic E-state index is 5.35. The van der Waals surface area contributed by atoms with Gasteiger partial charge in [0, 0.05) is 32.2 Å². The predicted molar refractivity (Wildman–Crippen MR) is 86.1 cm³/mol. The third-order valence-corrected chi connectivity index (χ3v) is 4.33. The molecule has 2 heterocycles. The lowest BCUT2D eigenvalue weighted by molar-refractivity contribution is 0.0398. The first-order valence-corrected chi connectivity index (χ1v) is 8.40. The molecule has 2 N–H and O–H groups in total. The fourth-order valence-electron chi connectivity index (χ4n) is 3.05. The molecule has 1 saturated heterocycles. The van der Waals surface area contributed by atoms with Gasteiger partial charge in [-0.2, -0.15) is 10.1 Å². The molecule has 1 aliphatic carbocycles. The summed E-state index contributed by atoms with van der Waals surface area (Å²) in [6.07, 6.45) is 8.13. The number of aromatic nitrogens is 3. The summed E-state index contributed by atoms with van der Waals surface area (Å²) in [6.45, 7) is 5.48. The number of nitrogens with zero attached hydrogens (tertiary/aromatic N) is 4. The summed E-state index contributed by atoms with van der Waals surface area (Å²) in [5.74, 6) is 1.44. The van der Waals surface area contributed by atoms with E-state index < -0.39 is 0 Å². The SMILES string of the molecule is c1nnc(NCCN2CCOCC2)nc1NC1CCCCC1. The van der Waals surface area contributed by atoms with Crippen LogP contribution in [0.4, 0.5) is 11.8 Å². The van der Waals surface area contributed by atoms with Crippen LogP contribution in [0.5, 0.6) is 0 Å². The topological polar surface area (TPSA) is 75.2 Å². The first kappa shape index (κ1) is 15.4. The summed E-state index contributed by atoms with van der Waals surface area (Å²) in [4.78, 5) is 6.89. The summed E-state index contributed by atoms with van der Waals surface area (Å²) in [6, 6.07) is 0.534. The Labute approximate surface area is 131 Å².